The number of aryl methyl sites for hydroxylation is 1. The van der Waals surface area contributed by atoms with Crippen LogP contribution in [0, 0.1) is 0 Å². The van der Waals surface area contributed by atoms with Crippen molar-refractivity contribution in [3.8, 4) is 0 Å². The summed E-state index contributed by atoms with van der Waals surface area (Å²) >= 11 is 3.57. The van der Waals surface area contributed by atoms with E-state index in [0.29, 0.717) is 6.04 Å². The van der Waals surface area contributed by atoms with E-state index in [1.165, 1.54) is 24.1 Å². The second-order valence-electron chi connectivity index (χ2n) is 3.97. The summed E-state index contributed by atoms with van der Waals surface area (Å²) in [5, 5.41) is 13.1. The van der Waals surface area contributed by atoms with Crippen LogP contribution >= 0.6 is 15.9 Å². The second kappa shape index (κ2) is 5.03. The molecule has 1 unspecified atom stereocenters. The van der Waals surface area contributed by atoms with E-state index in [9.17, 15) is 0 Å². The Balaban J connectivity index is 1.97. The lowest BCUT2D eigenvalue weighted by Gasteiger charge is -2.33. The predicted octanol–water partition coefficient (Wildman–Crippen LogP) is 0.959. The van der Waals surface area contributed by atoms with Gasteiger partial charge in [-0.1, -0.05) is 22.4 Å². The van der Waals surface area contributed by atoms with Crippen molar-refractivity contribution in [2.75, 3.05) is 11.9 Å². The van der Waals surface area contributed by atoms with Crippen LogP contribution in [-0.4, -0.2) is 43.0 Å². The summed E-state index contributed by atoms with van der Waals surface area (Å²) in [5.41, 5.74) is 0. The minimum atomic E-state index is 0.627. The van der Waals surface area contributed by atoms with Crippen molar-refractivity contribution in [3.05, 3.63) is 5.82 Å². The fourth-order valence-corrected chi connectivity index (χ4v) is 2.74. The van der Waals surface area contributed by atoms with Gasteiger partial charge in [0.05, 0.1) is 13.6 Å². The second-order valence-corrected chi connectivity index (χ2v) is 4.62. The van der Waals surface area contributed by atoms with Crippen molar-refractivity contribution in [3.63, 3.8) is 0 Å². The van der Waals surface area contributed by atoms with E-state index < -0.39 is 0 Å². The number of tetrazole rings is 1. The molecule has 2 heterocycles. The van der Waals surface area contributed by atoms with Crippen LogP contribution in [0.2, 0.25) is 0 Å². The molecular weight excluding hydrogens is 258 g/mol. The summed E-state index contributed by atoms with van der Waals surface area (Å²) in [5.74, 6) is 0.824. The average Bonchev–Trinajstić information content (AvgIpc) is 2.65. The summed E-state index contributed by atoms with van der Waals surface area (Å²) in [6, 6.07) is 0.627. The average molecular weight is 274 g/mol. The van der Waals surface area contributed by atoms with E-state index in [-0.39, 0.29) is 0 Å². The molecule has 0 saturated carbocycles. The largest absolute Gasteiger partial charge is 0.292 e. The van der Waals surface area contributed by atoms with Gasteiger partial charge >= 0.3 is 0 Å². The van der Waals surface area contributed by atoms with Gasteiger partial charge in [0.15, 0.2) is 5.82 Å². The van der Waals surface area contributed by atoms with Crippen LogP contribution in [0.15, 0.2) is 0 Å². The number of likely N-dealkylation sites (tertiary alicyclic amines) is 1. The van der Waals surface area contributed by atoms with Gasteiger partial charge in [0, 0.05) is 11.4 Å². The van der Waals surface area contributed by atoms with Crippen molar-refractivity contribution in [1.29, 1.82) is 0 Å². The molecule has 84 valence electrons. The van der Waals surface area contributed by atoms with E-state index in [0.717, 1.165) is 24.2 Å². The zero-order valence-corrected chi connectivity index (χ0v) is 10.5. The Hall–Kier alpha value is -0.490. The molecule has 0 aliphatic carbocycles. The van der Waals surface area contributed by atoms with Crippen LogP contribution in [0.1, 0.15) is 25.1 Å². The summed E-state index contributed by atoms with van der Waals surface area (Å²) in [7, 11) is 1.80. The molecule has 1 saturated heterocycles. The van der Waals surface area contributed by atoms with E-state index in [2.05, 4.69) is 36.2 Å². The molecule has 1 aliphatic rings. The molecule has 1 atom stereocenters. The maximum Gasteiger partial charge on any atom is 0.188 e. The molecular formula is C9H16BrN5. The topological polar surface area (TPSA) is 46.8 Å². The monoisotopic (exact) mass is 273 g/mol. The van der Waals surface area contributed by atoms with Gasteiger partial charge in [-0.3, -0.25) is 4.90 Å². The number of nitrogens with zero attached hydrogens (tertiary/aromatic N) is 5. The van der Waals surface area contributed by atoms with Crippen LogP contribution in [0.4, 0.5) is 0 Å². The van der Waals surface area contributed by atoms with Gasteiger partial charge < -0.3 is 0 Å². The highest BCUT2D eigenvalue weighted by Crippen LogP contribution is 2.19. The molecule has 5 nitrogen and oxygen atoms in total. The maximum atomic E-state index is 4.21. The van der Waals surface area contributed by atoms with Crippen molar-refractivity contribution in [1.82, 2.24) is 25.1 Å². The van der Waals surface area contributed by atoms with E-state index in [1.54, 1.807) is 7.05 Å². The van der Waals surface area contributed by atoms with E-state index in [4.69, 9.17) is 0 Å². The smallest absolute Gasteiger partial charge is 0.188 e. The van der Waals surface area contributed by atoms with Gasteiger partial charge in [0.1, 0.15) is 0 Å². The Morgan fingerprint density at radius 1 is 1.47 bits per heavy atom. The van der Waals surface area contributed by atoms with Crippen molar-refractivity contribution < 1.29 is 0 Å². The van der Waals surface area contributed by atoms with Gasteiger partial charge in [0.25, 0.3) is 0 Å². The number of aromatic nitrogens is 4. The lowest BCUT2D eigenvalue weighted by atomic mass is 10.0. The number of halogens is 1. The highest BCUT2D eigenvalue weighted by molar-refractivity contribution is 9.09. The van der Waals surface area contributed by atoms with Crippen molar-refractivity contribution in [2.45, 2.75) is 31.8 Å². The van der Waals surface area contributed by atoms with Crippen molar-refractivity contribution in [2.24, 2.45) is 7.05 Å². The van der Waals surface area contributed by atoms with Crippen LogP contribution in [-0.2, 0) is 13.6 Å². The molecule has 15 heavy (non-hydrogen) atoms. The standard InChI is InChI=1S/C9H16BrN5/c1-14-12-9(11-13-14)7-15-5-3-2-4-8(15)6-10/h8H,2-7H2,1H3. The Labute approximate surface area is 98.0 Å². The molecule has 0 radical (unpaired) electrons. The molecule has 0 aromatic carbocycles. The molecule has 0 bridgehead atoms. The van der Waals surface area contributed by atoms with Gasteiger partial charge in [0.2, 0.25) is 0 Å². The van der Waals surface area contributed by atoms with Crippen molar-refractivity contribution >= 4 is 15.9 Å². The summed E-state index contributed by atoms with van der Waals surface area (Å²) in [6.07, 6.45) is 3.88. The minimum Gasteiger partial charge on any atom is -0.292 e. The number of alkyl halides is 1. The third kappa shape index (κ3) is 2.75. The normalized spacial score (nSPS) is 23.2. The lowest BCUT2D eigenvalue weighted by Crippen LogP contribution is -2.40. The Morgan fingerprint density at radius 2 is 2.33 bits per heavy atom. The first-order chi connectivity index (χ1) is 7.29. The Morgan fingerprint density at radius 3 is 3.00 bits per heavy atom. The Kier molecular flexibility index (Phi) is 3.69. The molecule has 1 fully saturated rings. The lowest BCUT2D eigenvalue weighted by molar-refractivity contribution is 0.152. The first-order valence-corrected chi connectivity index (χ1v) is 6.44. The number of hydrogen-bond acceptors (Lipinski definition) is 4. The van der Waals surface area contributed by atoms with Gasteiger partial charge in [-0.25, -0.2) is 0 Å². The molecule has 1 aromatic rings. The zero-order valence-electron chi connectivity index (χ0n) is 8.93. The molecule has 2 rings (SSSR count). The summed E-state index contributed by atoms with van der Waals surface area (Å²) in [6.45, 7) is 1.97. The van der Waals surface area contributed by atoms with E-state index >= 15 is 0 Å². The van der Waals surface area contributed by atoms with Crippen LogP contribution in [0.5, 0.6) is 0 Å². The minimum absolute atomic E-state index is 0.627. The first-order valence-electron chi connectivity index (χ1n) is 5.32. The first kappa shape index (κ1) is 11.0. The predicted molar refractivity (Wildman–Crippen MR) is 60.6 cm³/mol. The number of hydrogen-bond donors (Lipinski definition) is 0. The maximum absolute atomic E-state index is 4.21. The van der Waals surface area contributed by atoms with Crippen LogP contribution in [0.3, 0.4) is 0 Å². The zero-order chi connectivity index (χ0) is 10.7. The molecule has 1 aliphatic heterocycles. The molecule has 0 N–H and O–H groups in total. The summed E-state index contributed by atoms with van der Waals surface area (Å²) in [4.78, 5) is 3.96. The third-order valence-electron chi connectivity index (χ3n) is 2.82. The van der Waals surface area contributed by atoms with Gasteiger partial charge in [-0.2, -0.15) is 4.80 Å². The van der Waals surface area contributed by atoms with Gasteiger partial charge in [-0.15, -0.1) is 10.2 Å². The van der Waals surface area contributed by atoms with Crippen LogP contribution in [0.25, 0.3) is 0 Å². The fourth-order valence-electron chi connectivity index (χ4n) is 2.01. The molecule has 6 heteroatoms. The van der Waals surface area contributed by atoms with Crippen LogP contribution < -0.4 is 0 Å². The Bertz CT molecular complexity index is 313. The number of rotatable bonds is 3. The molecule has 0 amide bonds. The molecule has 1 aromatic heterocycles. The summed E-state index contributed by atoms with van der Waals surface area (Å²) < 4.78 is 0. The third-order valence-corrected chi connectivity index (χ3v) is 3.57. The van der Waals surface area contributed by atoms with E-state index in [1.807, 2.05) is 0 Å². The quantitative estimate of drug-likeness (QED) is 0.770. The highest BCUT2D eigenvalue weighted by atomic mass is 79.9. The SMILES string of the molecule is Cn1nnc(CN2CCCCC2CBr)n1. The fraction of sp³-hybridized carbons (Fsp3) is 0.889. The van der Waals surface area contributed by atoms with Gasteiger partial charge in [-0.05, 0) is 24.6 Å². The molecule has 0 spiro atoms. The highest BCUT2D eigenvalue weighted by Gasteiger charge is 2.22. The number of piperidine rings is 1.